The average Bonchev–Trinajstić information content (AvgIpc) is 0.948. The number of amides is 12. The molecule has 150 heavy (non-hydrogen) atoms. The predicted molar refractivity (Wildman–Crippen MR) is 518 cm³/mol. The molecule has 0 saturated carbocycles. The highest BCUT2D eigenvalue weighted by atomic mass is 16.6. The number of nitrogens with one attached hydrogen (secondary N) is 12. The van der Waals surface area contributed by atoms with E-state index in [2.05, 4.69) is 73.3 Å². The SMILES string of the molecule is CCCOC(=O)NCCOCCOCCNC(=O)COCC(=O)OCCN(CCOC(=O)COCC(=O)NCCOCCOCCNC(=O)OCCC)CC(=O)NCCOCCOCCNC(=O)COCC(=O)OC.CCCOC(=O)NCCOCCOCCNC(=O)COCC(=O)OCCN(CCOC(=O)COCC(=O)NCCOCCOCCNC(=O)OCCC)CC(=O)NCCOCCOCCNC(=O)COCC(=O)OC. The van der Waals surface area contributed by atoms with Crippen molar-refractivity contribution in [2.75, 3.05) is 423 Å². The van der Waals surface area contributed by atoms with Crippen molar-refractivity contribution in [2.24, 2.45) is 0 Å². The molecule has 0 aliphatic heterocycles. The third-order valence-corrected chi connectivity index (χ3v) is 17.2. The molecule has 0 fully saturated rings. The molecule has 0 unspecified atom stereocenters. The van der Waals surface area contributed by atoms with E-state index in [1.807, 2.05) is 27.7 Å². The Morgan fingerprint density at radius 2 is 0.313 bits per heavy atom. The van der Waals surface area contributed by atoms with Gasteiger partial charge in [-0.1, -0.05) is 27.7 Å². The number of carbonyl (C=O) groups excluding carboxylic acids is 18. The highest BCUT2D eigenvalue weighted by Gasteiger charge is 2.20. The molecule has 0 aromatic carbocycles. The van der Waals surface area contributed by atoms with E-state index in [0.717, 1.165) is 25.7 Å². The number of esters is 6. The summed E-state index contributed by atoms with van der Waals surface area (Å²) in [4.78, 5) is 217. The maximum Gasteiger partial charge on any atom is 0.407 e. The highest BCUT2D eigenvalue weighted by molar-refractivity contribution is 5.82. The minimum absolute atomic E-state index is 0.0453. The van der Waals surface area contributed by atoms with Gasteiger partial charge in [0, 0.05) is 105 Å². The Kier molecular flexibility index (Phi) is 101. The number of methoxy groups -OCH3 is 2. The van der Waals surface area contributed by atoms with Gasteiger partial charge in [-0.25, -0.2) is 47.9 Å². The lowest BCUT2D eigenvalue weighted by molar-refractivity contribution is -0.152. The molecule has 0 bridgehead atoms. The van der Waals surface area contributed by atoms with Gasteiger partial charge in [-0.2, -0.15) is 0 Å². The van der Waals surface area contributed by atoms with Crippen molar-refractivity contribution < 1.29 is 219 Å². The van der Waals surface area contributed by atoms with E-state index < -0.39 is 160 Å². The van der Waals surface area contributed by atoms with Crippen molar-refractivity contribution in [3.8, 4) is 0 Å². The third kappa shape index (κ3) is 105. The predicted octanol–water partition coefficient (Wildman–Crippen LogP) is -7.13. The van der Waals surface area contributed by atoms with Crippen LogP contribution in [-0.2, 0) is 200 Å². The minimum Gasteiger partial charge on any atom is -0.467 e. The molecule has 0 aromatic rings. The zero-order chi connectivity index (χ0) is 111. The van der Waals surface area contributed by atoms with Gasteiger partial charge in [0.1, 0.15) is 106 Å². The summed E-state index contributed by atoms with van der Waals surface area (Å²) < 4.78 is 144. The molecule has 60 heteroatoms. The Bertz CT molecular complexity index is 3170. The van der Waals surface area contributed by atoms with Crippen molar-refractivity contribution in [2.45, 2.75) is 53.4 Å². The first-order valence-corrected chi connectivity index (χ1v) is 49.2. The Hall–Kier alpha value is -11.1. The minimum atomic E-state index is -0.768. The maximum atomic E-state index is 12.8. The van der Waals surface area contributed by atoms with E-state index in [4.69, 9.17) is 123 Å². The summed E-state index contributed by atoms with van der Waals surface area (Å²) in [6.07, 6.45) is 0.892. The fourth-order valence-corrected chi connectivity index (χ4v) is 10.1. The smallest absolute Gasteiger partial charge is 0.407 e. The summed E-state index contributed by atoms with van der Waals surface area (Å²) in [7, 11) is 2.41. The summed E-state index contributed by atoms with van der Waals surface area (Å²) in [5.41, 5.74) is 0. The standard InChI is InChI=1S/2C45H81N7O23/c2*1-4-14-74-44(60)50-10-20-67-28-26-65-18-8-48-39(55)32-70-35-42(58)72-22-12-52(30-37(53)46-6-16-63-24-25-64-17-7-47-38(54)31-69-34-41(57)62-3)13-23-73-43(59)36-71-33-40(56)49-9-19-66-27-29-68-21-11-51-45(61)75-15-5-2/h2*4-36H2,1-3H3,(H,46,53)(H,47,54)(H,48,55)(H,49,56)(H,50,60)(H,51,61). The van der Waals surface area contributed by atoms with Crippen molar-refractivity contribution in [1.29, 1.82) is 0 Å². The lowest BCUT2D eigenvalue weighted by Crippen LogP contribution is -2.42. The van der Waals surface area contributed by atoms with E-state index >= 15 is 0 Å². The van der Waals surface area contributed by atoms with Gasteiger partial charge < -0.3 is 196 Å². The van der Waals surface area contributed by atoms with Crippen LogP contribution in [0.3, 0.4) is 0 Å². The van der Waals surface area contributed by atoms with Crippen LogP contribution in [0, 0.1) is 0 Å². The van der Waals surface area contributed by atoms with Gasteiger partial charge in [0.2, 0.25) is 47.3 Å². The average molecular weight is 2180 g/mol. The molecule has 0 aliphatic carbocycles. The van der Waals surface area contributed by atoms with Gasteiger partial charge in [-0.15, -0.1) is 0 Å². The summed E-state index contributed by atoms with van der Waals surface area (Å²) in [6, 6.07) is 0. The molecule has 60 nitrogen and oxygen atoms in total. The molecular weight excluding hydrogens is 2010 g/mol. The van der Waals surface area contributed by atoms with E-state index in [0.29, 0.717) is 52.6 Å². The zero-order valence-corrected chi connectivity index (χ0v) is 87.3. The first-order chi connectivity index (χ1) is 72.8. The second-order valence-electron chi connectivity index (χ2n) is 29.9. The molecule has 0 radical (unpaired) electrons. The quantitative estimate of drug-likeness (QED) is 0.0153. The number of rotatable bonds is 102. The first-order valence-electron chi connectivity index (χ1n) is 49.2. The molecule has 12 amide bonds. The number of carbonyl (C=O) groups is 18. The Labute approximate surface area is 872 Å². The third-order valence-electron chi connectivity index (χ3n) is 17.2. The largest absolute Gasteiger partial charge is 0.467 e. The molecule has 0 rings (SSSR count). The van der Waals surface area contributed by atoms with Crippen molar-refractivity contribution in [1.82, 2.24) is 73.6 Å². The van der Waals surface area contributed by atoms with Gasteiger partial charge >= 0.3 is 60.2 Å². The monoisotopic (exact) mass is 2180 g/mol. The number of hydrogen-bond acceptors (Lipinski definition) is 48. The summed E-state index contributed by atoms with van der Waals surface area (Å²) in [5, 5.41) is 31.1. The lowest BCUT2D eigenvalue weighted by atomic mass is 10.4. The van der Waals surface area contributed by atoms with Crippen molar-refractivity contribution in [3.05, 3.63) is 0 Å². The summed E-state index contributed by atoms with van der Waals surface area (Å²) in [5.74, 6) is -7.89. The molecule has 0 saturated heterocycles. The van der Waals surface area contributed by atoms with Crippen molar-refractivity contribution >= 4 is 107 Å². The van der Waals surface area contributed by atoms with Crippen LogP contribution in [0.2, 0.25) is 0 Å². The Morgan fingerprint density at radius 1 is 0.160 bits per heavy atom. The van der Waals surface area contributed by atoms with Crippen LogP contribution in [0.5, 0.6) is 0 Å². The summed E-state index contributed by atoms with van der Waals surface area (Å²) in [6.45, 7) is 11.3. The van der Waals surface area contributed by atoms with Crippen LogP contribution >= 0.6 is 0 Å². The van der Waals surface area contributed by atoms with E-state index in [9.17, 15) is 86.3 Å². The first kappa shape index (κ1) is 141. The highest BCUT2D eigenvalue weighted by Crippen LogP contribution is 2.00. The molecular formula is C90H162N14O46. The van der Waals surface area contributed by atoms with Gasteiger partial charge in [0.15, 0.2) is 0 Å². The van der Waals surface area contributed by atoms with Gasteiger partial charge in [0.05, 0.1) is 212 Å². The topological polar surface area (TPSA) is 717 Å². The summed E-state index contributed by atoms with van der Waals surface area (Å²) >= 11 is 0. The Morgan fingerprint density at radius 3 is 0.473 bits per heavy atom. The molecule has 0 aliphatic rings. The van der Waals surface area contributed by atoms with Crippen LogP contribution in [0.25, 0.3) is 0 Å². The maximum absolute atomic E-state index is 12.8. The lowest BCUT2D eigenvalue weighted by Gasteiger charge is -2.21. The van der Waals surface area contributed by atoms with E-state index in [1.165, 1.54) is 14.2 Å². The molecule has 0 spiro atoms. The van der Waals surface area contributed by atoms with Gasteiger partial charge in [-0.3, -0.25) is 48.2 Å². The number of nitrogens with zero attached hydrogens (tertiary/aromatic N) is 2. The fraction of sp³-hybridized carbons (Fsp3) is 0.800. The van der Waals surface area contributed by atoms with Crippen LogP contribution < -0.4 is 63.8 Å². The number of ether oxygens (including phenoxy) is 28. The van der Waals surface area contributed by atoms with Crippen molar-refractivity contribution in [3.63, 3.8) is 0 Å². The van der Waals surface area contributed by atoms with Gasteiger partial charge in [-0.05, 0) is 25.7 Å². The van der Waals surface area contributed by atoms with Crippen LogP contribution in [0.4, 0.5) is 19.2 Å². The van der Waals surface area contributed by atoms with E-state index in [1.54, 1.807) is 9.80 Å². The van der Waals surface area contributed by atoms with E-state index in [-0.39, 0.29) is 303 Å². The molecule has 868 valence electrons. The second kappa shape index (κ2) is 108. The van der Waals surface area contributed by atoms with Gasteiger partial charge in [0.25, 0.3) is 0 Å². The van der Waals surface area contributed by atoms with Crippen LogP contribution in [-0.4, -0.2) is 540 Å². The number of hydrogen-bond donors (Lipinski definition) is 12. The number of alkyl carbamates (subject to hydrolysis) is 4. The molecule has 0 atom stereocenters. The molecule has 0 aromatic heterocycles. The Balaban J connectivity index is 0. The normalized spacial score (nSPS) is 10.8. The zero-order valence-electron chi connectivity index (χ0n) is 87.3. The second-order valence-corrected chi connectivity index (χ2v) is 29.9. The fourth-order valence-electron chi connectivity index (χ4n) is 10.1. The van der Waals surface area contributed by atoms with Crippen LogP contribution in [0.1, 0.15) is 53.4 Å². The van der Waals surface area contributed by atoms with Crippen LogP contribution in [0.15, 0.2) is 0 Å². The molecule has 0 heterocycles. The molecule has 12 N–H and O–H groups in total.